The van der Waals surface area contributed by atoms with Crippen molar-refractivity contribution in [2.75, 3.05) is 13.2 Å². The number of halogens is 4. The first-order chi connectivity index (χ1) is 8.39. The van der Waals surface area contributed by atoms with E-state index < -0.39 is 17.8 Å². The van der Waals surface area contributed by atoms with Gasteiger partial charge in [-0.05, 0) is 24.1 Å². The van der Waals surface area contributed by atoms with Crippen molar-refractivity contribution in [1.29, 1.82) is 0 Å². The number of hydrogen-bond donors (Lipinski definition) is 1. The van der Waals surface area contributed by atoms with Crippen LogP contribution in [0.25, 0.3) is 0 Å². The average Bonchev–Trinajstić information content (AvgIpc) is 2.80. The Morgan fingerprint density at radius 2 is 2.11 bits per heavy atom. The minimum absolute atomic E-state index is 0.0358. The first-order valence-corrected chi connectivity index (χ1v) is 6.39. The van der Waals surface area contributed by atoms with Crippen LogP contribution in [-0.4, -0.2) is 13.2 Å². The van der Waals surface area contributed by atoms with E-state index in [0.717, 1.165) is 12.5 Å². The molecule has 0 amide bonds. The molecular formula is C12H13BrF3NO. The van der Waals surface area contributed by atoms with E-state index in [0.29, 0.717) is 18.8 Å². The van der Waals surface area contributed by atoms with E-state index in [-0.39, 0.29) is 10.4 Å². The third kappa shape index (κ3) is 2.87. The van der Waals surface area contributed by atoms with Crippen molar-refractivity contribution < 1.29 is 17.9 Å². The van der Waals surface area contributed by atoms with Crippen LogP contribution in [0.4, 0.5) is 13.2 Å². The molecule has 1 aromatic carbocycles. The zero-order valence-corrected chi connectivity index (χ0v) is 11.1. The molecule has 1 saturated heterocycles. The summed E-state index contributed by atoms with van der Waals surface area (Å²) in [5, 5.41) is 0. The molecule has 2 rings (SSSR count). The van der Waals surface area contributed by atoms with Gasteiger partial charge in [0.15, 0.2) is 0 Å². The van der Waals surface area contributed by atoms with E-state index in [4.69, 9.17) is 10.5 Å². The Hall–Kier alpha value is -0.590. The predicted octanol–water partition coefficient (Wildman–Crippen LogP) is 3.50. The molecule has 0 bridgehead atoms. The summed E-state index contributed by atoms with van der Waals surface area (Å²) >= 11 is 2.91. The fraction of sp³-hybridized carbons (Fsp3) is 0.500. The van der Waals surface area contributed by atoms with Crippen molar-refractivity contribution in [1.82, 2.24) is 0 Å². The van der Waals surface area contributed by atoms with Gasteiger partial charge in [0.05, 0.1) is 12.2 Å². The second-order valence-electron chi connectivity index (χ2n) is 4.39. The Morgan fingerprint density at radius 3 is 2.67 bits per heavy atom. The number of benzene rings is 1. The van der Waals surface area contributed by atoms with Gasteiger partial charge in [0.25, 0.3) is 0 Å². The highest BCUT2D eigenvalue weighted by molar-refractivity contribution is 9.10. The molecule has 0 radical (unpaired) electrons. The molecule has 0 aliphatic carbocycles. The van der Waals surface area contributed by atoms with Crippen molar-refractivity contribution in [2.24, 2.45) is 11.7 Å². The topological polar surface area (TPSA) is 35.2 Å². The Labute approximate surface area is 111 Å². The largest absolute Gasteiger partial charge is 0.417 e. The summed E-state index contributed by atoms with van der Waals surface area (Å²) < 4.78 is 43.6. The van der Waals surface area contributed by atoms with Crippen LogP contribution in [0.15, 0.2) is 22.7 Å². The van der Waals surface area contributed by atoms with Crippen molar-refractivity contribution in [3.63, 3.8) is 0 Å². The second-order valence-corrected chi connectivity index (χ2v) is 5.24. The van der Waals surface area contributed by atoms with Gasteiger partial charge in [0, 0.05) is 23.0 Å². The maximum atomic E-state index is 12.8. The monoisotopic (exact) mass is 323 g/mol. The summed E-state index contributed by atoms with van der Waals surface area (Å²) in [7, 11) is 0. The Bertz CT molecular complexity index is 430. The van der Waals surface area contributed by atoms with Gasteiger partial charge >= 0.3 is 6.18 Å². The highest BCUT2D eigenvalue weighted by Gasteiger charge is 2.34. The smallest absolute Gasteiger partial charge is 0.381 e. The maximum absolute atomic E-state index is 12.8. The van der Waals surface area contributed by atoms with Gasteiger partial charge in [-0.2, -0.15) is 13.2 Å². The number of hydrogen-bond acceptors (Lipinski definition) is 2. The minimum Gasteiger partial charge on any atom is -0.381 e. The Kier molecular flexibility index (Phi) is 3.99. The summed E-state index contributed by atoms with van der Waals surface area (Å²) in [6.07, 6.45) is -3.58. The number of ether oxygens (including phenoxy) is 1. The standard InChI is InChI=1S/C12H13BrF3NO/c13-10-2-1-7(5-9(10)12(14,15)16)11(17)8-3-4-18-6-8/h1-2,5,8,11H,3-4,6,17H2. The van der Waals surface area contributed by atoms with Gasteiger partial charge in [-0.15, -0.1) is 0 Å². The molecule has 2 atom stereocenters. The van der Waals surface area contributed by atoms with Crippen LogP contribution >= 0.6 is 15.9 Å². The lowest BCUT2D eigenvalue weighted by Gasteiger charge is -2.20. The Balaban J connectivity index is 2.28. The normalized spacial score (nSPS) is 22.2. The molecule has 0 aromatic heterocycles. The third-order valence-electron chi connectivity index (χ3n) is 3.15. The van der Waals surface area contributed by atoms with Gasteiger partial charge in [-0.1, -0.05) is 22.0 Å². The summed E-state index contributed by atoms with van der Waals surface area (Å²) in [5.41, 5.74) is 5.82. The predicted molar refractivity (Wildman–Crippen MR) is 65.0 cm³/mol. The molecule has 6 heteroatoms. The van der Waals surface area contributed by atoms with Crippen molar-refractivity contribution >= 4 is 15.9 Å². The lowest BCUT2D eigenvalue weighted by molar-refractivity contribution is -0.138. The van der Waals surface area contributed by atoms with Gasteiger partial charge in [0.1, 0.15) is 0 Å². The van der Waals surface area contributed by atoms with Gasteiger partial charge in [0.2, 0.25) is 0 Å². The quantitative estimate of drug-likeness (QED) is 0.904. The van der Waals surface area contributed by atoms with Crippen LogP contribution in [0.3, 0.4) is 0 Å². The van der Waals surface area contributed by atoms with E-state index in [9.17, 15) is 13.2 Å². The highest BCUT2D eigenvalue weighted by Crippen LogP contribution is 2.37. The average molecular weight is 324 g/mol. The zero-order valence-electron chi connectivity index (χ0n) is 9.51. The van der Waals surface area contributed by atoms with E-state index >= 15 is 0 Å². The summed E-state index contributed by atoms with van der Waals surface area (Å²) in [6, 6.07) is 3.73. The van der Waals surface area contributed by atoms with Crippen LogP contribution in [0.2, 0.25) is 0 Å². The minimum atomic E-state index is -4.37. The number of rotatable bonds is 2. The van der Waals surface area contributed by atoms with Crippen molar-refractivity contribution in [2.45, 2.75) is 18.6 Å². The molecule has 1 aromatic rings. The molecule has 1 aliphatic rings. The molecule has 100 valence electrons. The van der Waals surface area contributed by atoms with Crippen LogP contribution in [0, 0.1) is 5.92 Å². The van der Waals surface area contributed by atoms with E-state index in [1.165, 1.54) is 6.07 Å². The molecule has 1 heterocycles. The summed E-state index contributed by atoms with van der Waals surface area (Å²) in [5.74, 6) is 0.0901. The second kappa shape index (κ2) is 5.19. The zero-order chi connectivity index (χ0) is 13.3. The van der Waals surface area contributed by atoms with Crippen LogP contribution in [-0.2, 0) is 10.9 Å². The molecule has 1 aliphatic heterocycles. The fourth-order valence-corrected chi connectivity index (χ4v) is 2.55. The SMILES string of the molecule is NC(c1ccc(Br)c(C(F)(F)F)c1)C1CCOC1. The molecule has 1 fully saturated rings. The van der Waals surface area contributed by atoms with E-state index in [1.54, 1.807) is 6.07 Å². The summed E-state index contributed by atoms with van der Waals surface area (Å²) in [4.78, 5) is 0. The number of nitrogens with two attached hydrogens (primary N) is 1. The molecule has 0 saturated carbocycles. The highest BCUT2D eigenvalue weighted by atomic mass is 79.9. The third-order valence-corrected chi connectivity index (χ3v) is 3.84. The van der Waals surface area contributed by atoms with Crippen molar-refractivity contribution in [3.8, 4) is 0 Å². The molecule has 2 N–H and O–H groups in total. The molecule has 2 unspecified atom stereocenters. The van der Waals surface area contributed by atoms with Gasteiger partial charge in [-0.3, -0.25) is 0 Å². The van der Waals surface area contributed by atoms with Gasteiger partial charge in [-0.25, -0.2) is 0 Å². The van der Waals surface area contributed by atoms with Crippen LogP contribution in [0.5, 0.6) is 0 Å². The summed E-state index contributed by atoms with van der Waals surface area (Å²) in [6.45, 7) is 1.14. The maximum Gasteiger partial charge on any atom is 0.417 e. The molecule has 0 spiro atoms. The van der Waals surface area contributed by atoms with Crippen LogP contribution in [0.1, 0.15) is 23.6 Å². The first-order valence-electron chi connectivity index (χ1n) is 5.59. The van der Waals surface area contributed by atoms with E-state index in [1.807, 2.05) is 0 Å². The van der Waals surface area contributed by atoms with Gasteiger partial charge < -0.3 is 10.5 Å². The van der Waals surface area contributed by atoms with E-state index in [2.05, 4.69) is 15.9 Å². The fourth-order valence-electron chi connectivity index (χ4n) is 2.08. The first kappa shape index (κ1) is 13.8. The Morgan fingerprint density at radius 1 is 1.39 bits per heavy atom. The van der Waals surface area contributed by atoms with Crippen molar-refractivity contribution in [3.05, 3.63) is 33.8 Å². The number of alkyl halides is 3. The lowest BCUT2D eigenvalue weighted by atomic mass is 9.92. The molecule has 2 nitrogen and oxygen atoms in total. The molecule has 18 heavy (non-hydrogen) atoms. The lowest BCUT2D eigenvalue weighted by Crippen LogP contribution is -2.22. The van der Waals surface area contributed by atoms with Crippen LogP contribution < -0.4 is 5.73 Å². The molecular weight excluding hydrogens is 311 g/mol.